The van der Waals surface area contributed by atoms with E-state index in [0.717, 1.165) is 23.1 Å². The summed E-state index contributed by atoms with van der Waals surface area (Å²) >= 11 is 0. The molecular weight excluding hydrogens is 462 g/mol. The van der Waals surface area contributed by atoms with Crippen molar-refractivity contribution in [2.45, 2.75) is 31.1 Å². The van der Waals surface area contributed by atoms with Gasteiger partial charge >= 0.3 is 0 Å². The van der Waals surface area contributed by atoms with Crippen LogP contribution in [0.2, 0.25) is 0 Å². The van der Waals surface area contributed by atoms with Crippen LogP contribution in [0.5, 0.6) is 5.75 Å². The first kappa shape index (κ1) is 24.6. The summed E-state index contributed by atoms with van der Waals surface area (Å²) in [6, 6.07) is 22.5. The number of sulfonamides is 1. The van der Waals surface area contributed by atoms with E-state index in [1.54, 1.807) is 42.5 Å². The van der Waals surface area contributed by atoms with Crippen LogP contribution in [0.4, 0.5) is 17.1 Å². The van der Waals surface area contributed by atoms with Gasteiger partial charge in [0.15, 0.2) is 0 Å². The Bertz CT molecular complexity index is 1210. The molecule has 1 fully saturated rings. The number of carbonyl (C=O) groups is 1. The van der Waals surface area contributed by atoms with Gasteiger partial charge in [0.1, 0.15) is 12.3 Å². The van der Waals surface area contributed by atoms with Crippen molar-refractivity contribution in [3.05, 3.63) is 78.9 Å². The highest BCUT2D eigenvalue weighted by atomic mass is 32.2. The predicted molar refractivity (Wildman–Crippen MR) is 140 cm³/mol. The highest BCUT2D eigenvalue weighted by Gasteiger charge is 2.27. The third-order valence-corrected chi connectivity index (χ3v) is 7.71. The maximum absolute atomic E-state index is 13.5. The molecule has 4 rings (SSSR count). The molecule has 0 saturated carbocycles. The number of piperidine rings is 1. The number of nitrogens with zero attached hydrogens (tertiary/aromatic N) is 2. The predicted octanol–water partition coefficient (Wildman–Crippen LogP) is 4.91. The van der Waals surface area contributed by atoms with Crippen LogP contribution >= 0.6 is 0 Å². The van der Waals surface area contributed by atoms with Gasteiger partial charge < -0.3 is 15.0 Å². The largest absolute Gasteiger partial charge is 0.494 e. The first-order valence-electron chi connectivity index (χ1n) is 11.9. The van der Waals surface area contributed by atoms with Gasteiger partial charge in [0, 0.05) is 24.5 Å². The Morgan fingerprint density at radius 3 is 2.20 bits per heavy atom. The number of rotatable bonds is 9. The molecule has 0 aromatic heterocycles. The van der Waals surface area contributed by atoms with Crippen LogP contribution in [0.3, 0.4) is 0 Å². The minimum absolute atomic E-state index is 0.118. The van der Waals surface area contributed by atoms with E-state index in [0.29, 0.717) is 23.7 Å². The zero-order valence-electron chi connectivity index (χ0n) is 19.9. The van der Waals surface area contributed by atoms with Gasteiger partial charge in [-0.05, 0) is 86.8 Å². The zero-order chi connectivity index (χ0) is 24.7. The maximum Gasteiger partial charge on any atom is 0.264 e. The standard InChI is InChI=1S/C27H31N3O4S/c1-2-34-25-17-15-24(16-18-25)30(35(32,33)26-9-5-3-6-10-26)21-27(31)28-22-11-13-23(14-12-22)29-19-7-4-8-20-29/h3,5-6,9-18H,2,4,7-8,19-21H2,1H3,(H,28,31). The van der Waals surface area contributed by atoms with Crippen molar-refractivity contribution in [1.82, 2.24) is 0 Å². The number of benzene rings is 3. The fourth-order valence-corrected chi connectivity index (χ4v) is 5.59. The van der Waals surface area contributed by atoms with Crippen LogP contribution in [0.25, 0.3) is 0 Å². The van der Waals surface area contributed by atoms with E-state index in [4.69, 9.17) is 4.74 Å². The van der Waals surface area contributed by atoms with E-state index < -0.39 is 15.9 Å². The summed E-state index contributed by atoms with van der Waals surface area (Å²) in [5.74, 6) is 0.204. The molecule has 0 unspecified atom stereocenters. The number of carbonyl (C=O) groups excluding carboxylic acids is 1. The van der Waals surface area contributed by atoms with Crippen LogP contribution in [0.1, 0.15) is 26.2 Å². The highest BCUT2D eigenvalue weighted by molar-refractivity contribution is 7.92. The molecule has 1 N–H and O–H groups in total. The lowest BCUT2D eigenvalue weighted by atomic mass is 10.1. The molecule has 35 heavy (non-hydrogen) atoms. The van der Waals surface area contributed by atoms with Gasteiger partial charge in [-0.3, -0.25) is 9.10 Å². The smallest absolute Gasteiger partial charge is 0.264 e. The molecule has 0 atom stereocenters. The normalized spacial score (nSPS) is 13.8. The lowest BCUT2D eigenvalue weighted by molar-refractivity contribution is -0.114. The monoisotopic (exact) mass is 493 g/mol. The molecule has 1 aliphatic rings. The third-order valence-electron chi connectivity index (χ3n) is 5.93. The summed E-state index contributed by atoms with van der Waals surface area (Å²) < 4.78 is 33.5. The van der Waals surface area contributed by atoms with E-state index in [1.807, 2.05) is 31.2 Å². The Kier molecular flexibility index (Phi) is 7.92. The van der Waals surface area contributed by atoms with Gasteiger partial charge in [-0.25, -0.2) is 8.42 Å². The lowest BCUT2D eigenvalue weighted by Crippen LogP contribution is -2.38. The molecular formula is C27H31N3O4S. The summed E-state index contributed by atoms with van der Waals surface area (Å²) in [7, 11) is -3.96. The minimum atomic E-state index is -3.96. The number of nitrogens with one attached hydrogen (secondary N) is 1. The van der Waals surface area contributed by atoms with Crippen LogP contribution < -0.4 is 19.3 Å². The quantitative estimate of drug-likeness (QED) is 0.458. The molecule has 184 valence electrons. The minimum Gasteiger partial charge on any atom is -0.494 e. The van der Waals surface area contributed by atoms with Gasteiger partial charge in [0.2, 0.25) is 5.91 Å². The molecule has 1 saturated heterocycles. The average Bonchev–Trinajstić information content (AvgIpc) is 2.89. The van der Waals surface area contributed by atoms with Crippen molar-refractivity contribution in [1.29, 1.82) is 0 Å². The van der Waals surface area contributed by atoms with E-state index in [9.17, 15) is 13.2 Å². The second-order valence-electron chi connectivity index (χ2n) is 8.39. The van der Waals surface area contributed by atoms with Crippen molar-refractivity contribution < 1.29 is 17.9 Å². The first-order chi connectivity index (χ1) is 17.0. The van der Waals surface area contributed by atoms with Crippen molar-refractivity contribution in [3.8, 4) is 5.75 Å². The SMILES string of the molecule is CCOc1ccc(N(CC(=O)Nc2ccc(N3CCCCC3)cc2)S(=O)(=O)c2ccccc2)cc1. The Balaban J connectivity index is 1.53. The molecule has 0 spiro atoms. The Hall–Kier alpha value is -3.52. The number of hydrogen-bond donors (Lipinski definition) is 1. The Morgan fingerprint density at radius 2 is 1.57 bits per heavy atom. The van der Waals surface area contributed by atoms with Crippen molar-refractivity contribution in [2.75, 3.05) is 40.8 Å². The van der Waals surface area contributed by atoms with Crippen LogP contribution in [-0.2, 0) is 14.8 Å². The van der Waals surface area contributed by atoms with Crippen molar-refractivity contribution in [2.24, 2.45) is 0 Å². The summed E-state index contributed by atoms with van der Waals surface area (Å²) in [6.07, 6.45) is 3.65. The first-order valence-corrected chi connectivity index (χ1v) is 13.4. The van der Waals surface area contributed by atoms with E-state index in [-0.39, 0.29) is 11.4 Å². The van der Waals surface area contributed by atoms with Crippen molar-refractivity contribution >= 4 is 33.0 Å². The second-order valence-corrected chi connectivity index (χ2v) is 10.3. The van der Waals surface area contributed by atoms with Gasteiger partial charge in [-0.2, -0.15) is 0 Å². The molecule has 3 aromatic carbocycles. The van der Waals surface area contributed by atoms with Gasteiger partial charge in [0.05, 0.1) is 17.2 Å². The molecule has 0 aliphatic carbocycles. The van der Waals surface area contributed by atoms with Crippen LogP contribution in [-0.4, -0.2) is 40.6 Å². The molecule has 3 aromatic rings. The molecule has 7 nitrogen and oxygen atoms in total. The number of ether oxygens (including phenoxy) is 1. The average molecular weight is 494 g/mol. The van der Waals surface area contributed by atoms with Crippen LogP contribution in [0, 0.1) is 0 Å². The van der Waals surface area contributed by atoms with Gasteiger partial charge in [-0.15, -0.1) is 0 Å². The Morgan fingerprint density at radius 1 is 0.914 bits per heavy atom. The summed E-state index contributed by atoms with van der Waals surface area (Å²) in [4.78, 5) is 15.4. The molecule has 8 heteroatoms. The Labute approximate surface area is 207 Å². The summed E-state index contributed by atoms with van der Waals surface area (Å²) in [5.41, 5.74) is 2.14. The highest BCUT2D eigenvalue weighted by Crippen LogP contribution is 2.26. The van der Waals surface area contributed by atoms with Gasteiger partial charge in [0.25, 0.3) is 10.0 Å². The molecule has 0 radical (unpaired) electrons. The second kappa shape index (κ2) is 11.3. The zero-order valence-corrected chi connectivity index (χ0v) is 20.7. The molecule has 0 bridgehead atoms. The fourth-order valence-electron chi connectivity index (χ4n) is 4.15. The third kappa shape index (κ3) is 6.14. The van der Waals surface area contributed by atoms with Crippen LogP contribution in [0.15, 0.2) is 83.8 Å². The molecule has 1 heterocycles. The fraction of sp³-hybridized carbons (Fsp3) is 0.296. The molecule has 1 amide bonds. The van der Waals surface area contributed by atoms with E-state index in [1.165, 1.54) is 31.4 Å². The summed E-state index contributed by atoms with van der Waals surface area (Å²) in [5, 5.41) is 2.84. The van der Waals surface area contributed by atoms with E-state index >= 15 is 0 Å². The number of anilines is 3. The number of hydrogen-bond acceptors (Lipinski definition) is 5. The van der Waals surface area contributed by atoms with E-state index in [2.05, 4.69) is 10.2 Å². The summed E-state index contributed by atoms with van der Waals surface area (Å²) in [6.45, 7) is 4.10. The molecule has 1 aliphatic heterocycles. The van der Waals surface area contributed by atoms with Gasteiger partial charge in [-0.1, -0.05) is 18.2 Å². The van der Waals surface area contributed by atoms with Crippen molar-refractivity contribution in [3.63, 3.8) is 0 Å². The lowest BCUT2D eigenvalue weighted by Gasteiger charge is -2.29. The maximum atomic E-state index is 13.5. The topological polar surface area (TPSA) is 79.0 Å². The number of amides is 1.